The lowest BCUT2D eigenvalue weighted by molar-refractivity contribution is -0.127. The van der Waals surface area contributed by atoms with Crippen molar-refractivity contribution in [1.82, 2.24) is 10.6 Å². The van der Waals surface area contributed by atoms with Gasteiger partial charge in [-0.15, -0.1) is 0 Å². The second kappa shape index (κ2) is 9.03. The predicted octanol–water partition coefficient (Wildman–Crippen LogP) is 1.42. The van der Waals surface area contributed by atoms with Gasteiger partial charge in [0.1, 0.15) is 0 Å². The van der Waals surface area contributed by atoms with E-state index in [1.165, 1.54) is 25.7 Å². The number of hydrogen-bond acceptors (Lipinski definition) is 3. The number of nitrogens with two attached hydrogens (primary N) is 1. The first-order valence-electron chi connectivity index (χ1n) is 8.20. The summed E-state index contributed by atoms with van der Waals surface area (Å²) < 4.78 is 0. The Balaban J connectivity index is 2.12. The van der Waals surface area contributed by atoms with Gasteiger partial charge in [-0.2, -0.15) is 0 Å². The molecule has 5 heteroatoms. The summed E-state index contributed by atoms with van der Waals surface area (Å²) in [4.78, 5) is 23.3. The highest BCUT2D eigenvalue weighted by Gasteiger charge is 2.19. The Morgan fingerprint density at radius 1 is 1.24 bits per heavy atom. The van der Waals surface area contributed by atoms with Gasteiger partial charge in [-0.05, 0) is 30.6 Å². The van der Waals surface area contributed by atoms with Crippen LogP contribution in [0.3, 0.4) is 0 Å². The van der Waals surface area contributed by atoms with Crippen LogP contribution in [0.5, 0.6) is 0 Å². The number of nitrogens with one attached hydrogen (secondary N) is 2. The molecule has 0 aromatic rings. The molecule has 21 heavy (non-hydrogen) atoms. The van der Waals surface area contributed by atoms with E-state index in [0.29, 0.717) is 6.54 Å². The van der Waals surface area contributed by atoms with Gasteiger partial charge in [-0.3, -0.25) is 9.59 Å². The van der Waals surface area contributed by atoms with Crippen molar-refractivity contribution < 1.29 is 9.59 Å². The van der Waals surface area contributed by atoms with Gasteiger partial charge in [-0.1, -0.05) is 40.0 Å². The van der Waals surface area contributed by atoms with E-state index in [4.69, 9.17) is 5.73 Å². The maximum atomic E-state index is 11.7. The summed E-state index contributed by atoms with van der Waals surface area (Å²) in [6, 6.07) is -0.554. The molecular formula is C16H31N3O2. The van der Waals surface area contributed by atoms with E-state index < -0.39 is 6.04 Å². The van der Waals surface area contributed by atoms with E-state index >= 15 is 0 Å². The third-order valence-corrected chi connectivity index (χ3v) is 4.36. The van der Waals surface area contributed by atoms with Gasteiger partial charge < -0.3 is 16.4 Å². The molecule has 5 nitrogen and oxygen atoms in total. The molecule has 2 amide bonds. The van der Waals surface area contributed by atoms with Crippen LogP contribution in [-0.4, -0.2) is 30.9 Å². The van der Waals surface area contributed by atoms with Crippen molar-refractivity contribution in [3.63, 3.8) is 0 Å². The van der Waals surface area contributed by atoms with Gasteiger partial charge in [0, 0.05) is 6.54 Å². The van der Waals surface area contributed by atoms with Gasteiger partial charge in [0.05, 0.1) is 12.6 Å². The molecule has 0 aromatic carbocycles. The zero-order valence-electron chi connectivity index (χ0n) is 13.7. The van der Waals surface area contributed by atoms with Gasteiger partial charge in [-0.25, -0.2) is 0 Å². The van der Waals surface area contributed by atoms with Crippen LogP contribution in [0.1, 0.15) is 52.9 Å². The number of rotatable bonds is 7. The standard InChI is InChI=1S/C16H31N3O2/c1-11(2)15(17)16(21)19-10-14(20)18-8-7-13-6-4-5-12(3)9-13/h11-13,15H,4-10,17H2,1-3H3,(H,18,20)(H,19,21)/t12?,13?,15-/m0/s1. The average molecular weight is 297 g/mol. The van der Waals surface area contributed by atoms with E-state index in [1.54, 1.807) is 0 Å². The lowest BCUT2D eigenvalue weighted by Gasteiger charge is -2.26. The lowest BCUT2D eigenvalue weighted by atomic mass is 9.81. The summed E-state index contributed by atoms with van der Waals surface area (Å²) in [5, 5.41) is 5.46. The Morgan fingerprint density at radius 2 is 1.95 bits per heavy atom. The van der Waals surface area contributed by atoms with Gasteiger partial charge in [0.2, 0.25) is 11.8 Å². The lowest BCUT2D eigenvalue weighted by Crippen LogP contribution is -2.47. The fourth-order valence-corrected chi connectivity index (χ4v) is 2.89. The van der Waals surface area contributed by atoms with Crippen LogP contribution in [-0.2, 0) is 9.59 Å². The minimum absolute atomic E-state index is 0.0142. The second-order valence-electron chi connectivity index (χ2n) is 6.76. The van der Waals surface area contributed by atoms with Gasteiger partial charge in [0.15, 0.2) is 0 Å². The molecule has 3 atom stereocenters. The van der Waals surface area contributed by atoms with Crippen LogP contribution in [0.25, 0.3) is 0 Å². The van der Waals surface area contributed by atoms with Gasteiger partial charge in [0.25, 0.3) is 0 Å². The van der Waals surface area contributed by atoms with Crippen LogP contribution in [0.4, 0.5) is 0 Å². The van der Waals surface area contributed by atoms with Gasteiger partial charge >= 0.3 is 0 Å². The van der Waals surface area contributed by atoms with E-state index in [2.05, 4.69) is 17.6 Å². The molecule has 1 aliphatic carbocycles. The van der Waals surface area contributed by atoms with Crippen LogP contribution < -0.4 is 16.4 Å². The summed E-state index contributed by atoms with van der Waals surface area (Å²) in [6.07, 6.45) is 6.24. The second-order valence-corrected chi connectivity index (χ2v) is 6.76. The van der Waals surface area contributed by atoms with Crippen molar-refractivity contribution >= 4 is 11.8 Å². The Hall–Kier alpha value is -1.10. The fourth-order valence-electron chi connectivity index (χ4n) is 2.89. The molecule has 1 aliphatic rings. The molecule has 1 rings (SSSR count). The van der Waals surface area contributed by atoms with Crippen LogP contribution in [0, 0.1) is 17.8 Å². The molecule has 0 saturated heterocycles. The maximum absolute atomic E-state index is 11.7. The summed E-state index contributed by atoms with van der Waals surface area (Å²) in [5.74, 6) is 1.22. The highest BCUT2D eigenvalue weighted by Crippen LogP contribution is 2.30. The third-order valence-electron chi connectivity index (χ3n) is 4.36. The Morgan fingerprint density at radius 3 is 2.57 bits per heavy atom. The minimum atomic E-state index is -0.554. The zero-order chi connectivity index (χ0) is 15.8. The molecule has 0 aromatic heterocycles. The van der Waals surface area contributed by atoms with Crippen molar-refractivity contribution in [2.45, 2.75) is 58.9 Å². The molecule has 122 valence electrons. The van der Waals surface area contributed by atoms with Crippen molar-refractivity contribution in [3.05, 3.63) is 0 Å². The topological polar surface area (TPSA) is 84.2 Å². The minimum Gasteiger partial charge on any atom is -0.355 e. The molecular weight excluding hydrogens is 266 g/mol. The number of amides is 2. The molecule has 2 unspecified atom stereocenters. The first kappa shape index (κ1) is 18.0. The molecule has 0 aliphatic heterocycles. The number of carbonyl (C=O) groups excluding carboxylic acids is 2. The predicted molar refractivity (Wildman–Crippen MR) is 84.6 cm³/mol. The molecule has 0 bridgehead atoms. The summed E-state index contributed by atoms with van der Waals surface area (Å²) in [6.45, 7) is 6.78. The molecule has 4 N–H and O–H groups in total. The monoisotopic (exact) mass is 297 g/mol. The van der Waals surface area contributed by atoms with E-state index in [-0.39, 0.29) is 24.3 Å². The Bertz CT molecular complexity index is 344. The molecule has 1 fully saturated rings. The smallest absolute Gasteiger partial charge is 0.239 e. The van der Waals surface area contributed by atoms with Crippen LogP contribution in [0.2, 0.25) is 0 Å². The molecule has 1 saturated carbocycles. The maximum Gasteiger partial charge on any atom is 0.239 e. The van der Waals surface area contributed by atoms with Crippen LogP contribution >= 0.6 is 0 Å². The largest absolute Gasteiger partial charge is 0.355 e. The molecule has 0 spiro atoms. The quantitative estimate of drug-likeness (QED) is 0.664. The SMILES string of the molecule is CC1CCCC(CCNC(=O)CNC(=O)[C@@H](N)C(C)C)C1. The van der Waals surface area contributed by atoms with Crippen molar-refractivity contribution in [2.75, 3.05) is 13.1 Å². The Labute approximate surface area is 128 Å². The number of carbonyl (C=O) groups is 2. The zero-order valence-corrected chi connectivity index (χ0v) is 13.7. The average Bonchev–Trinajstić information content (AvgIpc) is 2.44. The van der Waals surface area contributed by atoms with Crippen molar-refractivity contribution in [1.29, 1.82) is 0 Å². The van der Waals surface area contributed by atoms with E-state index in [9.17, 15) is 9.59 Å². The first-order chi connectivity index (χ1) is 9.90. The fraction of sp³-hybridized carbons (Fsp3) is 0.875. The van der Waals surface area contributed by atoms with Crippen LogP contribution in [0.15, 0.2) is 0 Å². The van der Waals surface area contributed by atoms with E-state index in [0.717, 1.165) is 18.3 Å². The highest BCUT2D eigenvalue weighted by atomic mass is 16.2. The Kier molecular flexibility index (Phi) is 7.72. The normalized spacial score (nSPS) is 23.7. The third kappa shape index (κ3) is 6.93. The summed E-state index contributed by atoms with van der Waals surface area (Å²) >= 11 is 0. The summed E-state index contributed by atoms with van der Waals surface area (Å²) in [5.41, 5.74) is 5.71. The molecule has 0 heterocycles. The molecule has 0 radical (unpaired) electrons. The highest BCUT2D eigenvalue weighted by molar-refractivity contribution is 5.87. The first-order valence-corrected chi connectivity index (χ1v) is 8.20. The number of hydrogen-bond donors (Lipinski definition) is 3. The van der Waals surface area contributed by atoms with Crippen molar-refractivity contribution in [3.8, 4) is 0 Å². The van der Waals surface area contributed by atoms with Crippen molar-refractivity contribution in [2.24, 2.45) is 23.5 Å². The van der Waals surface area contributed by atoms with E-state index in [1.807, 2.05) is 13.8 Å². The summed E-state index contributed by atoms with van der Waals surface area (Å²) in [7, 11) is 0.